The lowest BCUT2D eigenvalue weighted by molar-refractivity contribution is -0.120. The van der Waals surface area contributed by atoms with E-state index in [0.717, 1.165) is 49.1 Å². The fourth-order valence-corrected chi connectivity index (χ4v) is 3.53. The van der Waals surface area contributed by atoms with Crippen LogP contribution in [0.1, 0.15) is 50.7 Å². The number of hydrogen-bond acceptors (Lipinski definition) is 3. The number of anilines is 2. The minimum atomic E-state index is -0.500. The molecule has 1 aliphatic heterocycles. The maximum Gasteiger partial charge on any atom is 0.283 e. The molecular weight excluding hydrogens is 384 g/mol. The van der Waals surface area contributed by atoms with E-state index in [4.69, 9.17) is 11.6 Å². The van der Waals surface area contributed by atoms with Crippen molar-refractivity contribution < 1.29 is 9.59 Å². The number of rotatable bonds is 9. The molecule has 0 saturated heterocycles. The zero-order valence-electron chi connectivity index (χ0n) is 17.0. The highest BCUT2D eigenvalue weighted by Gasteiger charge is 2.38. The first kappa shape index (κ1) is 21.1. The van der Waals surface area contributed by atoms with E-state index in [-0.39, 0.29) is 10.7 Å². The van der Waals surface area contributed by atoms with E-state index >= 15 is 0 Å². The van der Waals surface area contributed by atoms with Crippen molar-refractivity contribution in [1.29, 1.82) is 0 Å². The van der Waals surface area contributed by atoms with Crippen LogP contribution < -0.4 is 10.2 Å². The van der Waals surface area contributed by atoms with Crippen LogP contribution in [-0.2, 0) is 22.4 Å². The molecule has 152 valence electrons. The number of hydrogen-bond donors (Lipinski definition) is 1. The van der Waals surface area contributed by atoms with E-state index in [1.165, 1.54) is 11.1 Å². The molecule has 0 unspecified atom stereocenters. The van der Waals surface area contributed by atoms with Crippen molar-refractivity contribution in [1.82, 2.24) is 0 Å². The number of carbonyl (C=O) groups is 2. The lowest BCUT2D eigenvalue weighted by Crippen LogP contribution is -2.32. The Labute approximate surface area is 177 Å². The van der Waals surface area contributed by atoms with Crippen LogP contribution in [0.4, 0.5) is 11.4 Å². The number of nitrogens with zero attached hydrogens (tertiary/aromatic N) is 1. The summed E-state index contributed by atoms with van der Waals surface area (Å²) in [6, 6.07) is 15.4. The van der Waals surface area contributed by atoms with Crippen LogP contribution >= 0.6 is 11.6 Å². The largest absolute Gasteiger partial charge is 0.350 e. The molecular formula is C24H27ClN2O2. The van der Waals surface area contributed by atoms with Crippen molar-refractivity contribution in [2.75, 3.05) is 10.2 Å². The molecule has 0 radical (unpaired) electrons. The van der Waals surface area contributed by atoms with E-state index in [0.29, 0.717) is 5.69 Å². The van der Waals surface area contributed by atoms with Gasteiger partial charge in [0.1, 0.15) is 10.7 Å². The summed E-state index contributed by atoms with van der Waals surface area (Å²) in [5.41, 5.74) is 3.82. The van der Waals surface area contributed by atoms with E-state index in [1.54, 1.807) is 12.1 Å². The summed E-state index contributed by atoms with van der Waals surface area (Å²) in [7, 11) is 0. The Morgan fingerprint density at radius 3 is 1.83 bits per heavy atom. The van der Waals surface area contributed by atoms with Gasteiger partial charge in [0, 0.05) is 5.69 Å². The molecule has 0 atom stereocenters. The molecule has 3 rings (SSSR count). The molecule has 0 spiro atoms. The SMILES string of the molecule is CCCCc1ccc(NC2=C(Cl)C(=O)N(c3ccc(CCCC)cc3)C2=O)cc1. The van der Waals surface area contributed by atoms with E-state index < -0.39 is 11.8 Å². The van der Waals surface area contributed by atoms with Crippen LogP contribution in [-0.4, -0.2) is 11.8 Å². The van der Waals surface area contributed by atoms with Crippen LogP contribution in [0.3, 0.4) is 0 Å². The maximum atomic E-state index is 12.9. The first-order valence-corrected chi connectivity index (χ1v) is 10.7. The predicted octanol–water partition coefficient (Wildman–Crippen LogP) is 5.81. The third-order valence-corrected chi connectivity index (χ3v) is 5.43. The molecule has 0 fully saturated rings. The summed E-state index contributed by atoms with van der Waals surface area (Å²) in [5, 5.41) is 2.95. The van der Waals surface area contributed by atoms with Gasteiger partial charge in [-0.15, -0.1) is 0 Å². The van der Waals surface area contributed by atoms with Crippen molar-refractivity contribution in [3.8, 4) is 0 Å². The summed E-state index contributed by atoms with van der Waals surface area (Å²) in [5.74, 6) is -0.934. The van der Waals surface area contributed by atoms with Gasteiger partial charge in [-0.2, -0.15) is 0 Å². The Balaban J connectivity index is 1.73. The molecule has 29 heavy (non-hydrogen) atoms. The van der Waals surface area contributed by atoms with Crippen LogP contribution in [0.25, 0.3) is 0 Å². The van der Waals surface area contributed by atoms with Gasteiger partial charge in [0.15, 0.2) is 0 Å². The highest BCUT2D eigenvalue weighted by atomic mass is 35.5. The molecule has 1 heterocycles. The summed E-state index contributed by atoms with van der Waals surface area (Å²) >= 11 is 6.22. The molecule has 0 saturated carbocycles. The van der Waals surface area contributed by atoms with Gasteiger partial charge in [-0.25, -0.2) is 4.90 Å². The molecule has 0 bridgehead atoms. The maximum absolute atomic E-state index is 12.9. The number of halogens is 1. The van der Waals surface area contributed by atoms with Crippen molar-refractivity contribution >= 4 is 34.8 Å². The van der Waals surface area contributed by atoms with Gasteiger partial charge >= 0.3 is 0 Å². The zero-order valence-corrected chi connectivity index (χ0v) is 17.8. The number of aryl methyl sites for hydroxylation is 2. The van der Waals surface area contributed by atoms with Crippen molar-refractivity contribution in [3.63, 3.8) is 0 Å². The monoisotopic (exact) mass is 410 g/mol. The molecule has 0 aliphatic carbocycles. The Morgan fingerprint density at radius 1 is 0.793 bits per heavy atom. The van der Waals surface area contributed by atoms with Crippen LogP contribution in [0.5, 0.6) is 0 Å². The van der Waals surface area contributed by atoms with E-state index in [2.05, 4.69) is 19.2 Å². The molecule has 0 aromatic heterocycles. The van der Waals surface area contributed by atoms with Gasteiger partial charge in [0.2, 0.25) is 0 Å². The molecule has 2 aromatic rings. The fourth-order valence-electron chi connectivity index (χ4n) is 3.32. The molecule has 1 N–H and O–H groups in total. The summed E-state index contributed by atoms with van der Waals surface area (Å²) in [4.78, 5) is 26.6. The predicted molar refractivity (Wildman–Crippen MR) is 119 cm³/mol. The Bertz CT molecular complexity index is 901. The topological polar surface area (TPSA) is 49.4 Å². The van der Waals surface area contributed by atoms with Gasteiger partial charge in [0.25, 0.3) is 11.8 Å². The Hall–Kier alpha value is -2.59. The summed E-state index contributed by atoms with van der Waals surface area (Å²) in [6.45, 7) is 4.31. The second-order valence-electron chi connectivity index (χ2n) is 7.33. The van der Waals surface area contributed by atoms with Gasteiger partial charge in [-0.3, -0.25) is 9.59 Å². The minimum absolute atomic E-state index is 0.0832. The van der Waals surface area contributed by atoms with Gasteiger partial charge in [0.05, 0.1) is 5.69 Å². The lowest BCUT2D eigenvalue weighted by Gasteiger charge is -2.15. The second-order valence-corrected chi connectivity index (χ2v) is 7.71. The van der Waals surface area contributed by atoms with Gasteiger partial charge < -0.3 is 5.32 Å². The van der Waals surface area contributed by atoms with Crippen molar-refractivity contribution in [2.24, 2.45) is 0 Å². The normalized spacial score (nSPS) is 14.1. The number of carbonyl (C=O) groups excluding carboxylic acids is 2. The average Bonchev–Trinajstić information content (AvgIpc) is 2.95. The van der Waals surface area contributed by atoms with E-state index in [1.807, 2.05) is 36.4 Å². The minimum Gasteiger partial charge on any atom is -0.350 e. The highest BCUT2D eigenvalue weighted by molar-refractivity contribution is 6.53. The van der Waals surface area contributed by atoms with Crippen molar-refractivity contribution in [2.45, 2.75) is 52.4 Å². The highest BCUT2D eigenvalue weighted by Crippen LogP contribution is 2.30. The zero-order chi connectivity index (χ0) is 20.8. The average molecular weight is 411 g/mol. The van der Waals surface area contributed by atoms with Crippen LogP contribution in [0, 0.1) is 0 Å². The van der Waals surface area contributed by atoms with E-state index in [9.17, 15) is 9.59 Å². The Morgan fingerprint density at radius 2 is 1.31 bits per heavy atom. The van der Waals surface area contributed by atoms with Crippen molar-refractivity contribution in [3.05, 3.63) is 70.4 Å². The quantitative estimate of drug-likeness (QED) is 0.531. The number of amides is 2. The number of nitrogens with one attached hydrogen (secondary N) is 1. The van der Waals surface area contributed by atoms with Gasteiger partial charge in [-0.1, -0.05) is 62.6 Å². The summed E-state index contributed by atoms with van der Waals surface area (Å²) in [6.07, 6.45) is 6.54. The molecule has 2 amide bonds. The molecule has 5 heteroatoms. The number of imide groups is 1. The lowest BCUT2D eigenvalue weighted by atomic mass is 10.1. The summed E-state index contributed by atoms with van der Waals surface area (Å²) < 4.78 is 0. The smallest absolute Gasteiger partial charge is 0.283 e. The van der Waals surface area contributed by atoms with Crippen LogP contribution in [0.2, 0.25) is 0 Å². The third kappa shape index (κ3) is 4.88. The molecule has 1 aliphatic rings. The molecule has 2 aromatic carbocycles. The molecule has 4 nitrogen and oxygen atoms in total. The number of benzene rings is 2. The Kier molecular flexibility index (Phi) is 7.10. The third-order valence-electron chi connectivity index (χ3n) is 5.08. The first-order valence-electron chi connectivity index (χ1n) is 10.3. The number of unbranched alkanes of at least 4 members (excludes halogenated alkanes) is 2. The standard InChI is InChI=1S/C24H27ClN2O2/c1-3-5-7-17-9-13-19(14-10-17)26-22-21(25)23(28)27(24(22)29)20-15-11-18(12-16-20)8-6-4-2/h9-16,26H,3-8H2,1-2H3. The first-order chi connectivity index (χ1) is 14.0. The fraction of sp³-hybridized carbons (Fsp3) is 0.333. The van der Waals surface area contributed by atoms with Crippen LogP contribution in [0.15, 0.2) is 59.3 Å². The second kappa shape index (κ2) is 9.75. The van der Waals surface area contributed by atoms with Gasteiger partial charge in [-0.05, 0) is 61.1 Å².